The summed E-state index contributed by atoms with van der Waals surface area (Å²) in [4.78, 5) is 9.11. The summed E-state index contributed by atoms with van der Waals surface area (Å²) in [6.45, 7) is 11.7. The molecule has 20 heavy (non-hydrogen) atoms. The van der Waals surface area contributed by atoms with Crippen molar-refractivity contribution in [3.8, 4) is 0 Å². The molecule has 2 unspecified atom stereocenters. The van der Waals surface area contributed by atoms with E-state index in [1.807, 2.05) is 6.92 Å². The average Bonchev–Trinajstić information content (AvgIpc) is 2.75. The van der Waals surface area contributed by atoms with E-state index in [1.165, 1.54) is 19.3 Å². The van der Waals surface area contributed by atoms with Gasteiger partial charge in [-0.15, -0.1) is 0 Å². The zero-order valence-electron chi connectivity index (χ0n) is 13.5. The van der Waals surface area contributed by atoms with Crippen molar-refractivity contribution in [1.29, 1.82) is 0 Å². The van der Waals surface area contributed by atoms with Crippen LogP contribution < -0.4 is 11.1 Å². The summed E-state index contributed by atoms with van der Waals surface area (Å²) in [6, 6.07) is 0. The van der Waals surface area contributed by atoms with Crippen LogP contribution in [0.1, 0.15) is 58.3 Å². The van der Waals surface area contributed by atoms with E-state index < -0.39 is 0 Å². The van der Waals surface area contributed by atoms with Gasteiger partial charge in [-0.3, -0.25) is 0 Å². The van der Waals surface area contributed by atoms with Crippen LogP contribution in [0, 0.1) is 18.8 Å². The number of hydrogen-bond donors (Lipinski definition) is 2. The fourth-order valence-corrected chi connectivity index (χ4v) is 2.79. The fraction of sp³-hybridized carbons (Fsp3) is 0.750. The number of nitrogens with two attached hydrogens (primary N) is 1. The lowest BCUT2D eigenvalue weighted by atomic mass is 9.95. The molecule has 2 rings (SSSR count). The Morgan fingerprint density at radius 3 is 2.50 bits per heavy atom. The van der Waals surface area contributed by atoms with Crippen molar-refractivity contribution in [2.75, 3.05) is 17.6 Å². The van der Waals surface area contributed by atoms with Gasteiger partial charge >= 0.3 is 0 Å². The molecule has 0 aliphatic heterocycles. The highest BCUT2D eigenvalue weighted by Gasteiger charge is 2.24. The van der Waals surface area contributed by atoms with E-state index in [0.717, 1.165) is 35.6 Å². The van der Waals surface area contributed by atoms with Crippen molar-refractivity contribution in [2.24, 2.45) is 11.8 Å². The Labute approximate surface area is 122 Å². The third-order valence-electron chi connectivity index (χ3n) is 4.43. The second-order valence-electron chi connectivity index (χ2n) is 7.21. The van der Waals surface area contributed by atoms with Crippen molar-refractivity contribution < 1.29 is 0 Å². The molecule has 4 nitrogen and oxygen atoms in total. The number of nitrogens with one attached hydrogen (secondary N) is 1. The molecule has 0 saturated heterocycles. The Hall–Kier alpha value is -1.32. The molecule has 0 radical (unpaired) electrons. The van der Waals surface area contributed by atoms with Crippen molar-refractivity contribution in [1.82, 2.24) is 9.97 Å². The Balaban J connectivity index is 2.16. The van der Waals surface area contributed by atoms with Crippen molar-refractivity contribution >= 4 is 11.6 Å². The van der Waals surface area contributed by atoms with Gasteiger partial charge in [0.05, 0.1) is 0 Å². The van der Waals surface area contributed by atoms with E-state index in [4.69, 9.17) is 5.73 Å². The molecule has 0 bridgehead atoms. The molecule has 1 aromatic heterocycles. The Kier molecular flexibility index (Phi) is 4.21. The average molecular weight is 276 g/mol. The highest BCUT2D eigenvalue weighted by Crippen LogP contribution is 2.32. The lowest BCUT2D eigenvalue weighted by molar-refractivity contribution is 0.439. The van der Waals surface area contributed by atoms with Crippen LogP contribution in [0.15, 0.2) is 0 Å². The van der Waals surface area contributed by atoms with E-state index in [-0.39, 0.29) is 5.41 Å². The van der Waals surface area contributed by atoms with Gasteiger partial charge in [0.25, 0.3) is 0 Å². The van der Waals surface area contributed by atoms with Crippen molar-refractivity contribution in [3.05, 3.63) is 11.4 Å². The van der Waals surface area contributed by atoms with Crippen LogP contribution in [0.25, 0.3) is 0 Å². The predicted octanol–water partition coefficient (Wildman–Crippen LogP) is 3.51. The van der Waals surface area contributed by atoms with E-state index >= 15 is 0 Å². The van der Waals surface area contributed by atoms with E-state index in [1.54, 1.807) is 0 Å². The van der Waals surface area contributed by atoms with Crippen molar-refractivity contribution in [2.45, 2.75) is 59.3 Å². The highest BCUT2D eigenvalue weighted by molar-refractivity contribution is 5.55. The third-order valence-corrected chi connectivity index (χ3v) is 4.43. The molecule has 3 N–H and O–H groups in total. The molecule has 2 atom stereocenters. The van der Waals surface area contributed by atoms with Gasteiger partial charge in [0.1, 0.15) is 17.5 Å². The number of aromatic nitrogens is 2. The maximum atomic E-state index is 6.04. The molecular formula is C16H28N4. The van der Waals surface area contributed by atoms with E-state index in [9.17, 15) is 0 Å². The molecule has 1 saturated carbocycles. The topological polar surface area (TPSA) is 63.8 Å². The summed E-state index contributed by atoms with van der Waals surface area (Å²) in [6.07, 6.45) is 4.02. The summed E-state index contributed by atoms with van der Waals surface area (Å²) < 4.78 is 0. The second kappa shape index (κ2) is 5.58. The standard InChI is InChI=1S/C16H28N4/c1-10-7-6-8-12(10)9-18-14-11(2)13(17)19-15(20-14)16(3,4)5/h10,12H,6-9H2,1-5H3,(H3,17,18,19,20). The minimum atomic E-state index is -0.0844. The molecule has 4 heteroatoms. The van der Waals surface area contributed by atoms with Gasteiger partial charge in [0, 0.05) is 17.5 Å². The molecule has 0 amide bonds. The van der Waals surface area contributed by atoms with Gasteiger partial charge in [-0.05, 0) is 25.2 Å². The molecule has 0 spiro atoms. The predicted molar refractivity (Wildman–Crippen MR) is 84.9 cm³/mol. The molecule has 112 valence electrons. The van der Waals surface area contributed by atoms with Gasteiger partial charge in [-0.2, -0.15) is 0 Å². The minimum Gasteiger partial charge on any atom is -0.383 e. The van der Waals surface area contributed by atoms with Crippen LogP contribution >= 0.6 is 0 Å². The number of anilines is 2. The van der Waals surface area contributed by atoms with Gasteiger partial charge in [0.2, 0.25) is 0 Å². The monoisotopic (exact) mass is 276 g/mol. The Morgan fingerprint density at radius 2 is 1.95 bits per heavy atom. The fourth-order valence-electron chi connectivity index (χ4n) is 2.79. The maximum absolute atomic E-state index is 6.04. The van der Waals surface area contributed by atoms with Crippen molar-refractivity contribution in [3.63, 3.8) is 0 Å². The molecule has 1 heterocycles. The lowest BCUT2D eigenvalue weighted by Crippen LogP contribution is -2.22. The van der Waals surface area contributed by atoms with Crippen LogP contribution in [0.2, 0.25) is 0 Å². The van der Waals surface area contributed by atoms with Crippen LogP contribution in [0.3, 0.4) is 0 Å². The number of nitrogens with zero attached hydrogens (tertiary/aromatic N) is 2. The largest absolute Gasteiger partial charge is 0.383 e. The number of rotatable bonds is 3. The maximum Gasteiger partial charge on any atom is 0.138 e. The Bertz CT molecular complexity index is 476. The number of nitrogen functional groups attached to an aromatic ring is 1. The second-order valence-corrected chi connectivity index (χ2v) is 7.21. The molecule has 1 aliphatic rings. The summed E-state index contributed by atoms with van der Waals surface area (Å²) in [5, 5.41) is 3.51. The molecule has 0 aromatic carbocycles. The van der Waals surface area contributed by atoms with Crippen LogP contribution in [0.4, 0.5) is 11.6 Å². The van der Waals surface area contributed by atoms with Gasteiger partial charge < -0.3 is 11.1 Å². The third kappa shape index (κ3) is 3.22. The first-order valence-corrected chi connectivity index (χ1v) is 7.67. The smallest absolute Gasteiger partial charge is 0.138 e. The Morgan fingerprint density at radius 1 is 1.25 bits per heavy atom. The molecular weight excluding hydrogens is 248 g/mol. The first-order valence-electron chi connectivity index (χ1n) is 7.67. The zero-order valence-corrected chi connectivity index (χ0v) is 13.5. The SMILES string of the molecule is Cc1c(N)nc(C(C)(C)C)nc1NCC1CCCC1C. The molecule has 1 aliphatic carbocycles. The van der Waals surface area contributed by atoms with Crippen LogP contribution in [-0.4, -0.2) is 16.5 Å². The van der Waals surface area contributed by atoms with Crippen LogP contribution in [0.5, 0.6) is 0 Å². The minimum absolute atomic E-state index is 0.0844. The highest BCUT2D eigenvalue weighted by atomic mass is 15.1. The van der Waals surface area contributed by atoms with Crippen LogP contribution in [-0.2, 0) is 5.41 Å². The van der Waals surface area contributed by atoms with Gasteiger partial charge in [-0.1, -0.05) is 40.5 Å². The molecule has 1 aromatic rings. The number of hydrogen-bond acceptors (Lipinski definition) is 4. The summed E-state index contributed by atoms with van der Waals surface area (Å²) >= 11 is 0. The first-order chi connectivity index (χ1) is 9.29. The van der Waals surface area contributed by atoms with Gasteiger partial charge in [0.15, 0.2) is 0 Å². The normalized spacial score (nSPS) is 23.1. The first kappa shape index (κ1) is 15.1. The van der Waals surface area contributed by atoms with Gasteiger partial charge in [-0.25, -0.2) is 9.97 Å². The van der Waals surface area contributed by atoms with E-state index in [0.29, 0.717) is 5.82 Å². The molecule has 1 fully saturated rings. The summed E-state index contributed by atoms with van der Waals surface area (Å²) in [7, 11) is 0. The summed E-state index contributed by atoms with van der Waals surface area (Å²) in [5.41, 5.74) is 6.92. The van der Waals surface area contributed by atoms with E-state index in [2.05, 4.69) is 43.0 Å². The lowest BCUT2D eigenvalue weighted by Gasteiger charge is -2.21. The zero-order chi connectivity index (χ0) is 14.9. The summed E-state index contributed by atoms with van der Waals surface area (Å²) in [5.74, 6) is 3.86. The quantitative estimate of drug-likeness (QED) is 0.886.